The van der Waals surface area contributed by atoms with Crippen molar-refractivity contribution >= 4 is 11.9 Å². The fraction of sp³-hybridized carbons (Fsp3) is 0.333. The van der Waals surface area contributed by atoms with Crippen molar-refractivity contribution in [2.24, 2.45) is 0 Å². The van der Waals surface area contributed by atoms with Gasteiger partial charge in [-0.3, -0.25) is 24.2 Å². The molecular weight excluding hydrogens is 404 g/mol. The Balaban J connectivity index is 1.47. The number of carbonyl (C=O) groups is 2. The molecule has 0 N–H and O–H groups in total. The number of hydrogen-bond donors (Lipinski definition) is 0. The van der Waals surface area contributed by atoms with Crippen molar-refractivity contribution in [1.29, 1.82) is 0 Å². The second-order valence-electron chi connectivity index (χ2n) is 6.84. The predicted octanol–water partition coefficient (Wildman–Crippen LogP) is 2.26. The van der Waals surface area contributed by atoms with Gasteiger partial charge in [-0.25, -0.2) is 0 Å². The summed E-state index contributed by atoms with van der Waals surface area (Å²) in [6.07, 6.45) is -0.357. The van der Waals surface area contributed by atoms with E-state index >= 15 is 0 Å². The van der Waals surface area contributed by atoms with Crippen molar-refractivity contribution in [3.63, 3.8) is 0 Å². The third-order valence-corrected chi connectivity index (χ3v) is 4.60. The number of ether oxygens (including phenoxy) is 2. The van der Waals surface area contributed by atoms with Gasteiger partial charge in [0.15, 0.2) is 6.61 Å². The molecule has 0 fully saturated rings. The van der Waals surface area contributed by atoms with Crippen LogP contribution in [0, 0.1) is 26.0 Å². The molecule has 0 aliphatic carbocycles. The summed E-state index contributed by atoms with van der Waals surface area (Å²) in [7, 11) is 0. The normalized spacial score (nSPS) is 10.7. The summed E-state index contributed by atoms with van der Waals surface area (Å²) in [5.41, 5.74) is 3.83. The first kappa shape index (κ1) is 21.9. The van der Waals surface area contributed by atoms with Crippen LogP contribution in [0.2, 0.25) is 0 Å². The summed E-state index contributed by atoms with van der Waals surface area (Å²) in [6.45, 7) is 5.12. The maximum absolute atomic E-state index is 12.0. The third kappa shape index (κ3) is 5.62. The summed E-state index contributed by atoms with van der Waals surface area (Å²) in [4.78, 5) is 32.8. The molecule has 31 heavy (non-hydrogen) atoms. The van der Waals surface area contributed by atoms with E-state index < -0.39 is 11.9 Å². The minimum atomic E-state index is -0.653. The number of carbonyl (C=O) groups excluding carboxylic acids is 2. The Morgan fingerprint density at radius 1 is 0.935 bits per heavy atom. The Bertz CT molecular complexity index is 1080. The van der Waals surface area contributed by atoms with E-state index in [1.807, 2.05) is 19.9 Å². The van der Waals surface area contributed by atoms with Gasteiger partial charge in [-0.2, -0.15) is 0 Å². The number of esters is 2. The monoisotopic (exact) mass is 426 g/mol. The van der Waals surface area contributed by atoms with Gasteiger partial charge < -0.3 is 14.7 Å². The van der Waals surface area contributed by atoms with E-state index in [9.17, 15) is 14.8 Å². The molecule has 2 heterocycles. The smallest absolute Gasteiger partial charge is 0.306 e. The number of aromatic nitrogens is 4. The average Bonchev–Trinajstić information content (AvgIpc) is 3.13. The second kappa shape index (κ2) is 9.79. The Labute approximate surface area is 178 Å². The lowest BCUT2D eigenvalue weighted by Gasteiger charge is -2.09. The summed E-state index contributed by atoms with van der Waals surface area (Å²) in [6, 6.07) is 8.89. The average molecular weight is 426 g/mol. The summed E-state index contributed by atoms with van der Waals surface area (Å²) in [5.74, 6) is -1.22. The quantitative estimate of drug-likeness (QED) is 0.393. The fourth-order valence-electron chi connectivity index (χ4n) is 2.75. The number of aryl methyl sites for hydroxylation is 3. The minimum absolute atomic E-state index is 0.0227. The lowest BCUT2D eigenvalue weighted by atomic mass is 10.1. The first-order valence-electron chi connectivity index (χ1n) is 9.61. The van der Waals surface area contributed by atoms with E-state index in [4.69, 9.17) is 9.47 Å². The molecule has 3 rings (SSSR count). The number of benzene rings is 1. The zero-order valence-electron chi connectivity index (χ0n) is 17.5. The number of hydrogen-bond acceptors (Lipinski definition) is 9. The van der Waals surface area contributed by atoms with E-state index in [2.05, 4.69) is 19.8 Å². The molecule has 0 atom stereocenters. The van der Waals surface area contributed by atoms with Crippen molar-refractivity contribution in [3.05, 3.63) is 64.0 Å². The lowest BCUT2D eigenvalue weighted by Crippen LogP contribution is -2.29. The van der Waals surface area contributed by atoms with Gasteiger partial charge in [0.25, 0.3) is 5.69 Å². The van der Waals surface area contributed by atoms with Gasteiger partial charge in [-0.15, -0.1) is 0 Å². The van der Waals surface area contributed by atoms with Crippen LogP contribution >= 0.6 is 0 Å². The Morgan fingerprint density at radius 2 is 1.55 bits per heavy atom. The predicted molar refractivity (Wildman–Crippen MR) is 106 cm³/mol. The molecular formula is C21H22N4O6. The van der Waals surface area contributed by atoms with Crippen molar-refractivity contribution < 1.29 is 28.6 Å². The van der Waals surface area contributed by atoms with Crippen LogP contribution in [0.3, 0.4) is 0 Å². The molecule has 0 saturated heterocycles. The van der Waals surface area contributed by atoms with Gasteiger partial charge in [0.1, 0.15) is 6.61 Å². The molecule has 0 unspecified atom stereocenters. The molecule has 0 aliphatic heterocycles. The van der Waals surface area contributed by atoms with Gasteiger partial charge in [-0.05, 0) is 25.7 Å². The largest absolute Gasteiger partial charge is 0.459 e. The van der Waals surface area contributed by atoms with Crippen LogP contribution in [0.5, 0.6) is 0 Å². The summed E-state index contributed by atoms with van der Waals surface area (Å²) in [5, 5.41) is 15.5. The third-order valence-electron chi connectivity index (χ3n) is 4.60. The molecule has 162 valence electrons. The molecule has 10 nitrogen and oxygen atoms in total. The number of nitrogens with zero attached hydrogens (tertiary/aromatic N) is 4. The highest BCUT2D eigenvalue weighted by Crippen LogP contribution is 2.19. The zero-order valence-corrected chi connectivity index (χ0v) is 17.5. The van der Waals surface area contributed by atoms with Gasteiger partial charge in [-0.1, -0.05) is 30.3 Å². The maximum Gasteiger partial charge on any atom is 0.306 e. The van der Waals surface area contributed by atoms with Crippen LogP contribution in [-0.2, 0) is 32.3 Å². The van der Waals surface area contributed by atoms with Gasteiger partial charge in [0.05, 0.1) is 35.6 Å². The second-order valence-corrected chi connectivity index (χ2v) is 6.84. The first-order valence-corrected chi connectivity index (χ1v) is 9.61. The van der Waals surface area contributed by atoms with Crippen LogP contribution in [0.4, 0.5) is 0 Å². The van der Waals surface area contributed by atoms with Crippen LogP contribution in [0.15, 0.2) is 35.0 Å². The molecule has 0 saturated carbocycles. The van der Waals surface area contributed by atoms with Crippen LogP contribution in [-0.4, -0.2) is 27.1 Å². The fourth-order valence-corrected chi connectivity index (χ4v) is 2.75. The summed E-state index contributed by atoms with van der Waals surface area (Å²) >= 11 is 0. The van der Waals surface area contributed by atoms with E-state index in [1.54, 1.807) is 31.2 Å². The van der Waals surface area contributed by atoms with Crippen molar-refractivity contribution in [2.75, 3.05) is 0 Å². The van der Waals surface area contributed by atoms with E-state index in [1.165, 1.54) is 0 Å². The SMILES string of the molecule is Cc1nc(C)c(COC(=O)CCC(=O)OCc2c(-c3ccccc3)no[n+]2[O-])nc1C. The van der Waals surface area contributed by atoms with Crippen LogP contribution in [0.25, 0.3) is 11.3 Å². The molecule has 1 aromatic carbocycles. The molecule has 0 amide bonds. The summed E-state index contributed by atoms with van der Waals surface area (Å²) < 4.78 is 14.9. The van der Waals surface area contributed by atoms with E-state index in [-0.39, 0.29) is 42.3 Å². The molecule has 10 heteroatoms. The van der Waals surface area contributed by atoms with Gasteiger partial charge in [0.2, 0.25) is 5.69 Å². The van der Waals surface area contributed by atoms with E-state index in [0.29, 0.717) is 17.0 Å². The highest BCUT2D eigenvalue weighted by Gasteiger charge is 2.22. The lowest BCUT2D eigenvalue weighted by molar-refractivity contribution is -0.808. The Morgan fingerprint density at radius 3 is 2.23 bits per heavy atom. The molecule has 0 bridgehead atoms. The van der Waals surface area contributed by atoms with Crippen LogP contribution in [0.1, 0.15) is 41.3 Å². The molecule has 0 radical (unpaired) electrons. The highest BCUT2D eigenvalue weighted by molar-refractivity contribution is 5.77. The first-order chi connectivity index (χ1) is 14.8. The maximum atomic E-state index is 12.0. The van der Waals surface area contributed by atoms with Crippen molar-refractivity contribution in [2.45, 2.75) is 46.8 Å². The molecule has 3 aromatic rings. The van der Waals surface area contributed by atoms with Gasteiger partial charge >= 0.3 is 11.9 Å². The standard InChI is InChI=1S/C21H22N4O6/c1-13-14(2)23-17(15(3)22-13)11-29-19(26)9-10-20(27)30-12-18-21(24-31-25(18)28)16-7-5-4-6-8-16/h4-8H,9-12H2,1-3H3. The van der Waals surface area contributed by atoms with Crippen LogP contribution < -0.4 is 4.90 Å². The topological polar surface area (TPSA) is 131 Å². The molecule has 0 spiro atoms. The van der Waals surface area contributed by atoms with Gasteiger partial charge in [0, 0.05) is 10.7 Å². The Kier molecular flexibility index (Phi) is 6.91. The molecule has 0 aliphatic rings. The molecule has 2 aromatic heterocycles. The number of rotatable bonds is 8. The van der Waals surface area contributed by atoms with E-state index in [0.717, 1.165) is 11.4 Å². The highest BCUT2D eigenvalue weighted by atomic mass is 16.8. The Hall–Kier alpha value is -3.82. The minimum Gasteiger partial charge on any atom is -0.459 e. The zero-order chi connectivity index (χ0) is 22.4. The van der Waals surface area contributed by atoms with Crippen molar-refractivity contribution in [1.82, 2.24) is 15.1 Å². The van der Waals surface area contributed by atoms with Crippen molar-refractivity contribution in [3.8, 4) is 11.3 Å².